The number of carbonyl (C=O) groups excluding carboxylic acids is 1. The molecule has 7 nitrogen and oxygen atoms in total. The topological polar surface area (TPSA) is 78.6 Å². The fourth-order valence-corrected chi connectivity index (χ4v) is 5.14. The molecule has 2 bridgehead atoms. The molecule has 4 rings (SSSR count). The maximum atomic E-state index is 13.1. The van der Waals surface area contributed by atoms with Crippen molar-refractivity contribution in [1.29, 1.82) is 0 Å². The van der Waals surface area contributed by atoms with Crippen LogP contribution in [0.25, 0.3) is 0 Å². The summed E-state index contributed by atoms with van der Waals surface area (Å²) in [4.78, 5) is 28.3. The van der Waals surface area contributed by atoms with Gasteiger partial charge in [-0.05, 0) is 43.6 Å². The fraction of sp³-hybridized carbons (Fsp3) is 0.750. The van der Waals surface area contributed by atoms with Gasteiger partial charge in [0.15, 0.2) is 0 Å². The molecule has 9 heteroatoms. The van der Waals surface area contributed by atoms with E-state index < -0.39 is 0 Å². The van der Waals surface area contributed by atoms with Crippen LogP contribution in [0.3, 0.4) is 0 Å². The number of aromatic nitrogens is 2. The molecule has 2 heterocycles. The second-order valence-electron chi connectivity index (χ2n) is 8.62. The molecule has 29 heavy (non-hydrogen) atoms. The van der Waals surface area contributed by atoms with Gasteiger partial charge in [-0.25, -0.2) is 4.98 Å². The quantitative estimate of drug-likeness (QED) is 0.769. The fourth-order valence-electron chi connectivity index (χ4n) is 5.14. The second kappa shape index (κ2) is 10.1. The molecule has 0 aromatic carbocycles. The predicted octanol–water partition coefficient (Wildman–Crippen LogP) is 2.19. The van der Waals surface area contributed by atoms with Crippen molar-refractivity contribution in [2.45, 2.75) is 38.1 Å². The zero-order chi connectivity index (χ0) is 19.0. The minimum Gasteiger partial charge on any atom is -0.353 e. The van der Waals surface area contributed by atoms with Crippen LogP contribution in [0.5, 0.6) is 0 Å². The molecular weight excluding hydrogens is 411 g/mol. The summed E-state index contributed by atoms with van der Waals surface area (Å²) in [6.07, 6.45) is 7.49. The van der Waals surface area contributed by atoms with Crippen LogP contribution in [-0.2, 0) is 4.79 Å². The SMILES string of the molecule is CN(C)c1nccc(N2CCN(C(=O)C3CC4CCCC(C3)C4N)CC2)n1.Cl.Cl. The van der Waals surface area contributed by atoms with Crippen molar-refractivity contribution in [1.82, 2.24) is 14.9 Å². The lowest BCUT2D eigenvalue weighted by Gasteiger charge is -2.45. The Hall–Kier alpha value is -1.31. The summed E-state index contributed by atoms with van der Waals surface area (Å²) in [5.41, 5.74) is 6.39. The van der Waals surface area contributed by atoms with Gasteiger partial charge >= 0.3 is 0 Å². The third-order valence-electron chi connectivity index (χ3n) is 6.71. The van der Waals surface area contributed by atoms with Crippen LogP contribution in [0.1, 0.15) is 32.1 Å². The van der Waals surface area contributed by atoms with Crippen molar-refractivity contribution in [3.63, 3.8) is 0 Å². The van der Waals surface area contributed by atoms with Gasteiger partial charge in [-0.3, -0.25) is 4.79 Å². The van der Waals surface area contributed by atoms with Crippen LogP contribution < -0.4 is 15.5 Å². The van der Waals surface area contributed by atoms with Crippen molar-refractivity contribution in [2.75, 3.05) is 50.1 Å². The lowest BCUT2D eigenvalue weighted by Crippen LogP contribution is -2.53. The molecule has 0 radical (unpaired) electrons. The molecule has 1 aromatic heterocycles. The van der Waals surface area contributed by atoms with Crippen LogP contribution in [-0.4, -0.2) is 67.1 Å². The van der Waals surface area contributed by atoms with Gasteiger partial charge in [-0.2, -0.15) is 4.98 Å². The molecule has 164 valence electrons. The normalized spacial score (nSPS) is 28.8. The predicted molar refractivity (Wildman–Crippen MR) is 121 cm³/mol. The number of fused-ring (bicyclic) bond motifs is 2. The lowest BCUT2D eigenvalue weighted by atomic mass is 9.65. The highest BCUT2D eigenvalue weighted by atomic mass is 35.5. The van der Waals surface area contributed by atoms with Gasteiger partial charge in [-0.15, -0.1) is 24.8 Å². The number of halogens is 2. The third kappa shape index (κ3) is 5.06. The molecular formula is C20H34Cl2N6O. The average Bonchev–Trinajstić information content (AvgIpc) is 2.67. The van der Waals surface area contributed by atoms with E-state index in [1.54, 1.807) is 6.20 Å². The maximum absolute atomic E-state index is 13.1. The van der Waals surface area contributed by atoms with Gasteiger partial charge in [-0.1, -0.05) is 6.42 Å². The number of hydrogen-bond acceptors (Lipinski definition) is 6. The maximum Gasteiger partial charge on any atom is 0.226 e. The Morgan fingerprint density at radius 2 is 1.72 bits per heavy atom. The molecule has 2 aliphatic carbocycles. The zero-order valence-corrected chi connectivity index (χ0v) is 19.0. The van der Waals surface area contributed by atoms with E-state index in [2.05, 4.69) is 19.8 Å². The van der Waals surface area contributed by atoms with Crippen molar-refractivity contribution in [3.05, 3.63) is 12.3 Å². The van der Waals surface area contributed by atoms with E-state index in [1.807, 2.05) is 25.1 Å². The molecule has 1 aromatic rings. The summed E-state index contributed by atoms with van der Waals surface area (Å²) < 4.78 is 0. The van der Waals surface area contributed by atoms with Crippen molar-refractivity contribution >= 4 is 42.5 Å². The van der Waals surface area contributed by atoms with E-state index >= 15 is 0 Å². The molecule has 3 aliphatic rings. The number of anilines is 2. The van der Waals surface area contributed by atoms with Gasteiger partial charge in [0.05, 0.1) is 0 Å². The van der Waals surface area contributed by atoms with E-state index in [0.717, 1.165) is 50.8 Å². The molecule has 1 amide bonds. The number of nitrogens with zero attached hydrogens (tertiary/aromatic N) is 5. The third-order valence-corrected chi connectivity index (χ3v) is 6.71. The van der Waals surface area contributed by atoms with Crippen LogP contribution >= 0.6 is 24.8 Å². The first-order chi connectivity index (χ1) is 13.0. The van der Waals surface area contributed by atoms with E-state index in [9.17, 15) is 4.79 Å². The number of nitrogens with two attached hydrogens (primary N) is 1. The standard InChI is InChI=1S/C20H32N6O.2ClH/c1-24(2)20-22-7-6-17(23-20)25-8-10-26(11-9-25)19(27)16-12-14-4-3-5-15(13-16)18(14)21;;/h6-7,14-16,18H,3-5,8-13,21H2,1-2H3;2*1H. The lowest BCUT2D eigenvalue weighted by molar-refractivity contribution is -0.138. The molecule has 1 saturated heterocycles. The molecule has 2 saturated carbocycles. The number of amides is 1. The molecule has 2 unspecified atom stereocenters. The number of hydrogen-bond donors (Lipinski definition) is 1. The van der Waals surface area contributed by atoms with Crippen molar-refractivity contribution < 1.29 is 4.79 Å². The number of piperazine rings is 1. The highest BCUT2D eigenvalue weighted by Gasteiger charge is 2.41. The Kier molecular flexibility index (Phi) is 8.37. The van der Waals surface area contributed by atoms with Crippen LogP contribution in [0.15, 0.2) is 12.3 Å². The first-order valence-corrected chi connectivity index (χ1v) is 10.3. The molecule has 2 N–H and O–H groups in total. The Bertz CT molecular complexity index is 669. The first-order valence-electron chi connectivity index (χ1n) is 10.3. The van der Waals surface area contributed by atoms with Gasteiger partial charge in [0.25, 0.3) is 0 Å². The first kappa shape index (κ1) is 24.0. The summed E-state index contributed by atoms with van der Waals surface area (Å²) in [5.74, 6) is 3.31. The van der Waals surface area contributed by atoms with Crippen molar-refractivity contribution in [2.24, 2.45) is 23.5 Å². The Labute approximate surface area is 186 Å². The summed E-state index contributed by atoms with van der Waals surface area (Å²) in [7, 11) is 3.89. The highest BCUT2D eigenvalue weighted by molar-refractivity contribution is 5.85. The smallest absolute Gasteiger partial charge is 0.226 e. The molecule has 1 aliphatic heterocycles. The van der Waals surface area contributed by atoms with Crippen LogP contribution in [0.4, 0.5) is 11.8 Å². The van der Waals surface area contributed by atoms with E-state index in [-0.39, 0.29) is 30.7 Å². The van der Waals surface area contributed by atoms with Gasteiger partial charge in [0, 0.05) is 58.4 Å². The number of rotatable bonds is 3. The summed E-state index contributed by atoms with van der Waals surface area (Å²) >= 11 is 0. The number of carbonyl (C=O) groups is 1. The monoisotopic (exact) mass is 444 g/mol. The summed E-state index contributed by atoms with van der Waals surface area (Å²) in [6.45, 7) is 3.21. The zero-order valence-electron chi connectivity index (χ0n) is 17.4. The Morgan fingerprint density at radius 1 is 1.10 bits per heavy atom. The van der Waals surface area contributed by atoms with Gasteiger partial charge < -0.3 is 20.4 Å². The second-order valence-corrected chi connectivity index (χ2v) is 8.62. The Balaban J connectivity index is 0.00000150. The van der Waals surface area contributed by atoms with Gasteiger partial charge in [0.1, 0.15) is 5.82 Å². The van der Waals surface area contributed by atoms with E-state index in [1.165, 1.54) is 19.3 Å². The minimum atomic E-state index is 0. The Morgan fingerprint density at radius 3 is 2.31 bits per heavy atom. The van der Waals surface area contributed by atoms with E-state index in [4.69, 9.17) is 5.73 Å². The summed E-state index contributed by atoms with van der Waals surface area (Å²) in [6, 6.07) is 2.28. The highest BCUT2D eigenvalue weighted by Crippen LogP contribution is 2.42. The summed E-state index contributed by atoms with van der Waals surface area (Å²) in [5, 5.41) is 0. The van der Waals surface area contributed by atoms with Crippen LogP contribution in [0.2, 0.25) is 0 Å². The van der Waals surface area contributed by atoms with E-state index in [0.29, 0.717) is 23.8 Å². The largest absolute Gasteiger partial charge is 0.353 e. The van der Waals surface area contributed by atoms with Gasteiger partial charge in [0.2, 0.25) is 11.9 Å². The van der Waals surface area contributed by atoms with Crippen molar-refractivity contribution in [3.8, 4) is 0 Å². The van der Waals surface area contributed by atoms with Crippen LogP contribution in [0, 0.1) is 17.8 Å². The average molecular weight is 445 g/mol. The molecule has 0 spiro atoms. The molecule has 3 fully saturated rings. The molecule has 2 atom stereocenters. The minimum absolute atomic E-state index is 0.